The summed E-state index contributed by atoms with van der Waals surface area (Å²) in [7, 11) is 0. The van der Waals surface area contributed by atoms with E-state index in [0.29, 0.717) is 32.2 Å². The molecule has 5 N–H and O–H groups in total. The lowest BCUT2D eigenvalue weighted by molar-refractivity contribution is -0.145. The van der Waals surface area contributed by atoms with Crippen LogP contribution in [0.4, 0.5) is 0 Å². The van der Waals surface area contributed by atoms with Crippen molar-refractivity contribution in [2.45, 2.75) is 77.5 Å². The normalized spacial score (nSPS) is 19.5. The summed E-state index contributed by atoms with van der Waals surface area (Å²) in [5, 5.41) is 14.7. The van der Waals surface area contributed by atoms with Crippen molar-refractivity contribution in [3.63, 3.8) is 0 Å². The fourth-order valence-electron chi connectivity index (χ4n) is 3.52. The summed E-state index contributed by atoms with van der Waals surface area (Å²) in [6.45, 7) is 8.00. The average molecular weight is 445 g/mol. The van der Waals surface area contributed by atoms with Crippen molar-refractivity contribution in [3.8, 4) is 0 Å². The van der Waals surface area contributed by atoms with E-state index in [9.17, 15) is 24.3 Å². The van der Waals surface area contributed by atoms with Gasteiger partial charge in [-0.1, -0.05) is 27.7 Å². The molecule has 0 aromatic carbocycles. The first-order valence-electron chi connectivity index (χ1n) is 10.5. The SMILES string of the molecule is CC(C)CC(NC(=O)C1CCCN1C(=O)C(CC(C)C)NC(=O)C(N)CS)C(=O)O. The van der Waals surface area contributed by atoms with Crippen molar-refractivity contribution in [3.05, 3.63) is 0 Å². The van der Waals surface area contributed by atoms with Gasteiger partial charge >= 0.3 is 5.97 Å². The van der Waals surface area contributed by atoms with Gasteiger partial charge in [0.15, 0.2) is 0 Å². The third-order valence-corrected chi connectivity index (χ3v) is 5.41. The predicted molar refractivity (Wildman–Crippen MR) is 117 cm³/mol. The van der Waals surface area contributed by atoms with Gasteiger partial charge in [0, 0.05) is 12.3 Å². The van der Waals surface area contributed by atoms with Gasteiger partial charge in [-0.05, 0) is 37.5 Å². The number of carbonyl (C=O) groups is 4. The number of thiol groups is 1. The molecule has 0 aromatic heterocycles. The maximum Gasteiger partial charge on any atom is 0.326 e. The standard InChI is InChI=1S/C20H36N4O5S/c1-11(2)8-14(22-17(25)13(21)10-30)19(27)24-7-5-6-16(24)18(26)23-15(20(28)29)9-12(3)4/h11-16,30H,5-10,21H2,1-4H3,(H,22,25)(H,23,26)(H,28,29). The molecule has 30 heavy (non-hydrogen) atoms. The van der Waals surface area contributed by atoms with Crippen molar-refractivity contribution >= 4 is 36.3 Å². The second-order valence-electron chi connectivity index (χ2n) is 8.70. The second kappa shape index (κ2) is 12.1. The molecule has 0 saturated carbocycles. The number of amides is 3. The van der Waals surface area contributed by atoms with Crippen molar-refractivity contribution in [2.24, 2.45) is 17.6 Å². The number of likely N-dealkylation sites (tertiary alicyclic amines) is 1. The molecule has 1 aliphatic heterocycles. The Morgan fingerprint density at radius 1 is 1.07 bits per heavy atom. The van der Waals surface area contributed by atoms with Crippen molar-refractivity contribution < 1.29 is 24.3 Å². The highest BCUT2D eigenvalue weighted by molar-refractivity contribution is 7.80. The molecule has 172 valence electrons. The molecular formula is C20H36N4O5S. The predicted octanol–water partition coefficient (Wildman–Crippen LogP) is 0.381. The Kier molecular flexibility index (Phi) is 10.6. The van der Waals surface area contributed by atoms with Gasteiger partial charge in [-0.3, -0.25) is 14.4 Å². The van der Waals surface area contributed by atoms with Crippen molar-refractivity contribution in [1.29, 1.82) is 0 Å². The van der Waals surface area contributed by atoms with E-state index in [2.05, 4.69) is 23.3 Å². The number of rotatable bonds is 11. The van der Waals surface area contributed by atoms with Crippen LogP contribution in [0, 0.1) is 11.8 Å². The minimum Gasteiger partial charge on any atom is -0.480 e. The Bertz CT molecular complexity index is 628. The summed E-state index contributed by atoms with van der Waals surface area (Å²) in [5.74, 6) is -2.02. The highest BCUT2D eigenvalue weighted by Gasteiger charge is 2.39. The molecule has 0 bridgehead atoms. The zero-order valence-corrected chi connectivity index (χ0v) is 19.2. The molecule has 1 heterocycles. The first kappa shape index (κ1) is 26.2. The number of nitrogens with zero attached hydrogens (tertiary/aromatic N) is 1. The molecule has 0 spiro atoms. The number of carboxylic acid groups (broad SMARTS) is 1. The number of hydrogen-bond acceptors (Lipinski definition) is 6. The lowest BCUT2D eigenvalue weighted by Gasteiger charge is -2.30. The van der Waals surface area contributed by atoms with Gasteiger partial charge in [-0.2, -0.15) is 12.6 Å². The van der Waals surface area contributed by atoms with Crippen LogP contribution in [0.15, 0.2) is 0 Å². The van der Waals surface area contributed by atoms with Crippen LogP contribution in [0.1, 0.15) is 53.4 Å². The summed E-state index contributed by atoms with van der Waals surface area (Å²) in [5.41, 5.74) is 5.71. The molecule has 0 radical (unpaired) electrons. The molecular weight excluding hydrogens is 408 g/mol. The van der Waals surface area contributed by atoms with E-state index >= 15 is 0 Å². The third-order valence-electron chi connectivity index (χ3n) is 5.02. The number of carboxylic acids is 1. The lowest BCUT2D eigenvalue weighted by atomic mass is 10.0. The van der Waals surface area contributed by atoms with E-state index in [4.69, 9.17) is 5.73 Å². The molecule has 0 aliphatic carbocycles. The molecule has 1 aliphatic rings. The number of aliphatic carboxylic acids is 1. The van der Waals surface area contributed by atoms with E-state index in [1.165, 1.54) is 4.90 Å². The van der Waals surface area contributed by atoms with Crippen LogP contribution in [0.25, 0.3) is 0 Å². The Balaban J connectivity index is 2.94. The first-order valence-corrected chi connectivity index (χ1v) is 11.1. The van der Waals surface area contributed by atoms with E-state index in [-0.39, 0.29) is 23.5 Å². The van der Waals surface area contributed by atoms with E-state index in [1.54, 1.807) is 0 Å². The quantitative estimate of drug-likeness (QED) is 0.292. The smallest absolute Gasteiger partial charge is 0.326 e. The Morgan fingerprint density at radius 2 is 1.63 bits per heavy atom. The minimum atomic E-state index is -1.10. The van der Waals surface area contributed by atoms with Crippen LogP contribution >= 0.6 is 12.6 Å². The minimum absolute atomic E-state index is 0.0920. The molecule has 4 unspecified atom stereocenters. The van der Waals surface area contributed by atoms with Gasteiger partial charge in [0.05, 0.1) is 6.04 Å². The van der Waals surface area contributed by atoms with Crippen molar-refractivity contribution in [2.75, 3.05) is 12.3 Å². The lowest BCUT2D eigenvalue weighted by Crippen LogP contribution is -2.57. The molecule has 3 amide bonds. The number of hydrogen-bond donors (Lipinski definition) is 5. The summed E-state index contributed by atoms with van der Waals surface area (Å²) in [4.78, 5) is 51.1. The summed E-state index contributed by atoms with van der Waals surface area (Å²) in [6.07, 6.45) is 1.78. The van der Waals surface area contributed by atoms with Crippen LogP contribution in [0.2, 0.25) is 0 Å². The number of carbonyl (C=O) groups excluding carboxylic acids is 3. The summed E-state index contributed by atoms with van der Waals surface area (Å²) >= 11 is 4.02. The fraction of sp³-hybridized carbons (Fsp3) is 0.800. The van der Waals surface area contributed by atoms with E-state index in [1.807, 2.05) is 27.7 Å². The maximum absolute atomic E-state index is 13.2. The van der Waals surface area contributed by atoms with Gasteiger partial charge in [0.2, 0.25) is 17.7 Å². The van der Waals surface area contributed by atoms with Crippen LogP contribution in [-0.4, -0.2) is 70.2 Å². The van der Waals surface area contributed by atoms with E-state index in [0.717, 1.165) is 0 Å². The largest absolute Gasteiger partial charge is 0.480 e. The molecule has 1 fully saturated rings. The van der Waals surface area contributed by atoms with Gasteiger partial charge in [0.1, 0.15) is 18.1 Å². The highest BCUT2D eigenvalue weighted by atomic mass is 32.1. The average Bonchev–Trinajstić information content (AvgIpc) is 3.14. The Hall–Kier alpha value is -1.81. The van der Waals surface area contributed by atoms with Crippen LogP contribution in [-0.2, 0) is 19.2 Å². The second-order valence-corrected chi connectivity index (χ2v) is 9.06. The molecule has 9 nitrogen and oxygen atoms in total. The monoisotopic (exact) mass is 444 g/mol. The zero-order valence-electron chi connectivity index (χ0n) is 18.3. The third kappa shape index (κ3) is 7.79. The van der Waals surface area contributed by atoms with Crippen molar-refractivity contribution in [1.82, 2.24) is 15.5 Å². The molecule has 10 heteroatoms. The molecule has 4 atom stereocenters. The highest BCUT2D eigenvalue weighted by Crippen LogP contribution is 2.21. The molecule has 0 aromatic rings. The number of nitrogens with one attached hydrogen (secondary N) is 2. The molecule has 1 rings (SSSR count). The van der Waals surface area contributed by atoms with Crippen LogP contribution in [0.5, 0.6) is 0 Å². The summed E-state index contributed by atoms with van der Waals surface area (Å²) in [6, 6.07) is -3.39. The van der Waals surface area contributed by atoms with Gasteiger partial charge in [-0.25, -0.2) is 4.79 Å². The topological polar surface area (TPSA) is 142 Å². The fourth-order valence-corrected chi connectivity index (χ4v) is 3.68. The van der Waals surface area contributed by atoms with Gasteiger partial charge < -0.3 is 26.4 Å². The Morgan fingerprint density at radius 3 is 2.13 bits per heavy atom. The van der Waals surface area contributed by atoms with Crippen LogP contribution in [0.3, 0.4) is 0 Å². The molecule has 1 saturated heterocycles. The number of nitrogens with two attached hydrogens (primary N) is 1. The Labute approximate surface area is 183 Å². The maximum atomic E-state index is 13.2. The van der Waals surface area contributed by atoms with Crippen LogP contribution < -0.4 is 16.4 Å². The zero-order chi connectivity index (χ0) is 23.0. The first-order chi connectivity index (χ1) is 14.0. The van der Waals surface area contributed by atoms with Gasteiger partial charge in [-0.15, -0.1) is 0 Å². The summed E-state index contributed by atoms with van der Waals surface area (Å²) < 4.78 is 0. The van der Waals surface area contributed by atoms with E-state index < -0.39 is 42.0 Å². The van der Waals surface area contributed by atoms with Gasteiger partial charge in [0.25, 0.3) is 0 Å².